The van der Waals surface area contributed by atoms with Crippen LogP contribution in [-0.4, -0.2) is 22.2 Å². The lowest BCUT2D eigenvalue weighted by Crippen LogP contribution is -1.95. The van der Waals surface area contributed by atoms with Crippen molar-refractivity contribution in [3.8, 4) is 0 Å². The van der Waals surface area contributed by atoms with E-state index in [-0.39, 0.29) is 0 Å². The van der Waals surface area contributed by atoms with Gasteiger partial charge in [0.25, 0.3) is 5.97 Å². The van der Waals surface area contributed by atoms with Gasteiger partial charge in [-0.3, -0.25) is 4.79 Å². The summed E-state index contributed by atoms with van der Waals surface area (Å²) in [6, 6.07) is 0. The largest absolute Gasteiger partial charge is 0.481 e. The van der Waals surface area contributed by atoms with Crippen LogP contribution >= 0.6 is 0 Å². The van der Waals surface area contributed by atoms with Crippen molar-refractivity contribution in [3.63, 3.8) is 0 Å². The van der Waals surface area contributed by atoms with E-state index in [1.165, 1.54) is 12.8 Å². The summed E-state index contributed by atoms with van der Waals surface area (Å²) in [6.45, 7) is 4.85. The van der Waals surface area contributed by atoms with Crippen LogP contribution in [0.2, 0.25) is 0 Å². The zero-order chi connectivity index (χ0) is 12.3. The SMILES string of the molecule is CC(=O)O.CCCCCC=C(C)C(=O)O. The summed E-state index contributed by atoms with van der Waals surface area (Å²) >= 11 is 0. The quantitative estimate of drug-likeness (QED) is 0.547. The molecule has 0 aliphatic carbocycles. The zero-order valence-corrected chi connectivity index (χ0v) is 9.62. The molecule has 0 unspecified atom stereocenters. The molecule has 0 saturated heterocycles. The predicted octanol–water partition coefficient (Wildman–Crippen LogP) is 2.69. The molecule has 0 heterocycles. The molecule has 0 aliphatic rings. The average Bonchev–Trinajstić information content (AvgIpc) is 2.11. The van der Waals surface area contributed by atoms with Gasteiger partial charge in [0, 0.05) is 12.5 Å². The first kappa shape index (κ1) is 16.1. The Balaban J connectivity index is 0. The number of unbranched alkanes of at least 4 members (excludes halogenated alkanes) is 3. The third-order valence-corrected chi connectivity index (χ3v) is 1.60. The number of carboxylic acid groups (broad SMARTS) is 2. The van der Waals surface area contributed by atoms with E-state index >= 15 is 0 Å². The van der Waals surface area contributed by atoms with E-state index in [0.29, 0.717) is 5.57 Å². The van der Waals surface area contributed by atoms with Crippen molar-refractivity contribution in [1.29, 1.82) is 0 Å². The summed E-state index contributed by atoms with van der Waals surface area (Å²) in [6.07, 6.45) is 6.15. The van der Waals surface area contributed by atoms with Gasteiger partial charge in [0.15, 0.2) is 0 Å². The monoisotopic (exact) mass is 216 g/mol. The van der Waals surface area contributed by atoms with Crippen molar-refractivity contribution in [2.45, 2.75) is 46.5 Å². The van der Waals surface area contributed by atoms with Gasteiger partial charge in [-0.15, -0.1) is 0 Å². The minimum atomic E-state index is -0.833. The van der Waals surface area contributed by atoms with E-state index in [1.54, 1.807) is 13.0 Å². The van der Waals surface area contributed by atoms with Gasteiger partial charge in [-0.1, -0.05) is 25.8 Å². The Labute approximate surface area is 90.6 Å². The van der Waals surface area contributed by atoms with Gasteiger partial charge in [-0.05, 0) is 19.8 Å². The number of carboxylic acids is 2. The summed E-state index contributed by atoms with van der Waals surface area (Å²) < 4.78 is 0. The van der Waals surface area contributed by atoms with Gasteiger partial charge in [-0.2, -0.15) is 0 Å². The first-order valence-electron chi connectivity index (χ1n) is 5.01. The van der Waals surface area contributed by atoms with Crippen molar-refractivity contribution in [3.05, 3.63) is 11.6 Å². The minimum Gasteiger partial charge on any atom is -0.481 e. The molecule has 15 heavy (non-hydrogen) atoms. The van der Waals surface area contributed by atoms with Crippen molar-refractivity contribution in [2.24, 2.45) is 0 Å². The fourth-order valence-corrected chi connectivity index (χ4v) is 0.800. The lowest BCUT2D eigenvalue weighted by atomic mass is 10.1. The molecule has 0 spiro atoms. The van der Waals surface area contributed by atoms with Crippen molar-refractivity contribution in [2.75, 3.05) is 0 Å². The van der Waals surface area contributed by atoms with E-state index < -0.39 is 11.9 Å². The number of allylic oxidation sites excluding steroid dienone is 1. The van der Waals surface area contributed by atoms with Crippen LogP contribution in [0.15, 0.2) is 11.6 Å². The van der Waals surface area contributed by atoms with Gasteiger partial charge in [0.05, 0.1) is 0 Å². The van der Waals surface area contributed by atoms with Crippen LogP contribution in [0.4, 0.5) is 0 Å². The maximum absolute atomic E-state index is 10.3. The molecule has 4 nitrogen and oxygen atoms in total. The van der Waals surface area contributed by atoms with Crippen molar-refractivity contribution >= 4 is 11.9 Å². The molecular formula is C11H20O4. The van der Waals surface area contributed by atoms with Crippen molar-refractivity contribution < 1.29 is 19.8 Å². The highest BCUT2D eigenvalue weighted by molar-refractivity contribution is 5.85. The van der Waals surface area contributed by atoms with Crippen LogP contribution in [0.5, 0.6) is 0 Å². The van der Waals surface area contributed by atoms with Crippen LogP contribution in [0.25, 0.3) is 0 Å². The molecule has 0 aromatic heterocycles. The Kier molecular flexibility index (Phi) is 11.6. The molecule has 0 atom stereocenters. The predicted molar refractivity (Wildman–Crippen MR) is 58.8 cm³/mol. The topological polar surface area (TPSA) is 74.6 Å². The summed E-state index contributed by atoms with van der Waals surface area (Å²) in [7, 11) is 0. The highest BCUT2D eigenvalue weighted by atomic mass is 16.4. The second-order valence-corrected chi connectivity index (χ2v) is 3.21. The highest BCUT2D eigenvalue weighted by Crippen LogP contribution is 2.02. The molecule has 2 N–H and O–H groups in total. The van der Waals surface area contributed by atoms with Gasteiger partial charge in [0.2, 0.25) is 0 Å². The van der Waals surface area contributed by atoms with Gasteiger partial charge in [-0.25, -0.2) is 4.79 Å². The first-order chi connectivity index (χ1) is 6.91. The Bertz CT molecular complexity index is 215. The summed E-state index contributed by atoms with van der Waals surface area (Å²) in [5, 5.41) is 15.9. The third kappa shape index (κ3) is 19.2. The molecule has 0 rings (SSSR count). The molecule has 0 fully saturated rings. The van der Waals surface area contributed by atoms with Gasteiger partial charge in [0.1, 0.15) is 0 Å². The lowest BCUT2D eigenvalue weighted by molar-refractivity contribution is -0.134. The van der Waals surface area contributed by atoms with E-state index in [4.69, 9.17) is 15.0 Å². The van der Waals surface area contributed by atoms with Crippen LogP contribution in [0, 0.1) is 0 Å². The van der Waals surface area contributed by atoms with E-state index in [9.17, 15) is 4.79 Å². The highest BCUT2D eigenvalue weighted by Gasteiger charge is 1.96. The smallest absolute Gasteiger partial charge is 0.330 e. The summed E-state index contributed by atoms with van der Waals surface area (Å²) in [5.41, 5.74) is 0.459. The molecule has 0 aliphatic heterocycles. The molecule has 0 aromatic carbocycles. The fourth-order valence-electron chi connectivity index (χ4n) is 0.800. The maximum atomic E-state index is 10.3. The van der Waals surface area contributed by atoms with Crippen LogP contribution in [0.1, 0.15) is 46.5 Å². The van der Waals surface area contributed by atoms with Crippen LogP contribution in [0.3, 0.4) is 0 Å². The number of hydrogen-bond donors (Lipinski definition) is 2. The molecule has 88 valence electrons. The Hall–Kier alpha value is -1.32. The van der Waals surface area contributed by atoms with E-state index in [0.717, 1.165) is 19.8 Å². The maximum Gasteiger partial charge on any atom is 0.330 e. The third-order valence-electron chi connectivity index (χ3n) is 1.60. The zero-order valence-electron chi connectivity index (χ0n) is 9.62. The van der Waals surface area contributed by atoms with E-state index in [2.05, 4.69) is 6.92 Å². The molecule has 0 bridgehead atoms. The number of carbonyl (C=O) groups is 2. The molecule has 0 saturated carbocycles. The Morgan fingerprint density at radius 3 is 1.93 bits per heavy atom. The number of hydrogen-bond acceptors (Lipinski definition) is 2. The lowest BCUT2D eigenvalue weighted by Gasteiger charge is -1.93. The Morgan fingerprint density at radius 2 is 1.60 bits per heavy atom. The second kappa shape index (κ2) is 10.8. The summed E-state index contributed by atoms with van der Waals surface area (Å²) in [5.74, 6) is -1.64. The normalized spacial score (nSPS) is 10.2. The van der Waals surface area contributed by atoms with Gasteiger partial charge >= 0.3 is 5.97 Å². The molecule has 0 aromatic rings. The standard InChI is InChI=1S/C9H16O2.C2H4O2/c1-3-4-5-6-7-8(2)9(10)11;1-2(3)4/h7H,3-6H2,1-2H3,(H,10,11);1H3,(H,3,4). The fraction of sp³-hybridized carbons (Fsp3) is 0.636. The molecule has 0 radical (unpaired) electrons. The summed E-state index contributed by atoms with van der Waals surface area (Å²) in [4.78, 5) is 19.3. The van der Waals surface area contributed by atoms with Crippen molar-refractivity contribution in [1.82, 2.24) is 0 Å². The average molecular weight is 216 g/mol. The van der Waals surface area contributed by atoms with Gasteiger partial charge < -0.3 is 10.2 Å². The number of rotatable bonds is 5. The molecular weight excluding hydrogens is 196 g/mol. The molecule has 4 heteroatoms. The van der Waals surface area contributed by atoms with E-state index in [1.807, 2.05) is 0 Å². The second-order valence-electron chi connectivity index (χ2n) is 3.21. The number of aliphatic carboxylic acids is 2. The minimum absolute atomic E-state index is 0.459. The molecule has 0 amide bonds. The van der Waals surface area contributed by atoms with Crippen LogP contribution < -0.4 is 0 Å². The van der Waals surface area contributed by atoms with Crippen LogP contribution in [-0.2, 0) is 9.59 Å². The Morgan fingerprint density at radius 1 is 1.13 bits per heavy atom. The first-order valence-corrected chi connectivity index (χ1v) is 5.01.